The van der Waals surface area contributed by atoms with E-state index in [2.05, 4.69) is 10.3 Å². The van der Waals surface area contributed by atoms with Crippen LogP contribution in [0.1, 0.15) is 19.4 Å². The molecule has 1 aliphatic rings. The minimum absolute atomic E-state index is 0.0864. The Kier molecular flexibility index (Phi) is 2.49. The Hall–Kier alpha value is -2.11. The van der Waals surface area contributed by atoms with Crippen LogP contribution >= 0.6 is 0 Å². The molecule has 17 heavy (non-hydrogen) atoms. The van der Waals surface area contributed by atoms with E-state index >= 15 is 0 Å². The number of nitrogens with two attached hydrogens (primary N) is 1. The minimum atomic E-state index is -0.487. The standard InChI is InChI=1S/C11H14N4O2/c1-11(2)6-13-10(14-11)7-3-4-8(12)9(5-7)15(16)17/h3-5H,6,12H2,1-2H3,(H,13,14). The van der Waals surface area contributed by atoms with Gasteiger partial charge in [0, 0.05) is 11.6 Å². The van der Waals surface area contributed by atoms with Gasteiger partial charge in [0.2, 0.25) is 0 Å². The molecule has 0 spiro atoms. The number of nitro groups is 1. The highest BCUT2D eigenvalue weighted by molar-refractivity contribution is 6.01. The highest BCUT2D eigenvalue weighted by Gasteiger charge is 2.26. The smallest absolute Gasteiger partial charge is 0.292 e. The third-order valence-electron chi connectivity index (χ3n) is 2.59. The van der Waals surface area contributed by atoms with E-state index in [9.17, 15) is 10.1 Å². The van der Waals surface area contributed by atoms with Gasteiger partial charge in [-0.3, -0.25) is 15.1 Å². The van der Waals surface area contributed by atoms with E-state index in [1.165, 1.54) is 12.1 Å². The molecule has 0 radical (unpaired) electrons. The highest BCUT2D eigenvalue weighted by Crippen LogP contribution is 2.24. The Labute approximate surface area is 98.7 Å². The summed E-state index contributed by atoms with van der Waals surface area (Å²) in [7, 11) is 0. The maximum absolute atomic E-state index is 10.8. The van der Waals surface area contributed by atoms with E-state index in [1.54, 1.807) is 6.07 Å². The number of benzene rings is 1. The van der Waals surface area contributed by atoms with Gasteiger partial charge in [-0.1, -0.05) is 0 Å². The third-order valence-corrected chi connectivity index (χ3v) is 2.59. The lowest BCUT2D eigenvalue weighted by Crippen LogP contribution is -2.39. The van der Waals surface area contributed by atoms with Crippen molar-refractivity contribution in [1.82, 2.24) is 5.32 Å². The van der Waals surface area contributed by atoms with Crippen molar-refractivity contribution >= 4 is 17.2 Å². The van der Waals surface area contributed by atoms with E-state index in [1.807, 2.05) is 13.8 Å². The Morgan fingerprint density at radius 1 is 1.53 bits per heavy atom. The second-order valence-corrected chi connectivity index (χ2v) is 4.70. The van der Waals surface area contributed by atoms with Crippen LogP contribution in [0.3, 0.4) is 0 Å². The summed E-state index contributed by atoms with van der Waals surface area (Å²) >= 11 is 0. The van der Waals surface area contributed by atoms with Crippen LogP contribution in [-0.2, 0) is 0 Å². The first-order valence-corrected chi connectivity index (χ1v) is 5.26. The van der Waals surface area contributed by atoms with Crippen LogP contribution < -0.4 is 11.1 Å². The number of nitrogens with zero attached hydrogens (tertiary/aromatic N) is 2. The van der Waals surface area contributed by atoms with Crippen molar-refractivity contribution in [2.75, 3.05) is 12.3 Å². The molecule has 0 saturated carbocycles. The number of nitrogens with one attached hydrogen (secondary N) is 1. The Balaban J connectivity index is 2.36. The van der Waals surface area contributed by atoms with Gasteiger partial charge in [0.25, 0.3) is 5.69 Å². The molecule has 0 saturated heterocycles. The molecule has 0 amide bonds. The molecular weight excluding hydrogens is 220 g/mol. The fraction of sp³-hybridized carbons (Fsp3) is 0.364. The van der Waals surface area contributed by atoms with Crippen molar-refractivity contribution in [3.8, 4) is 0 Å². The van der Waals surface area contributed by atoms with Gasteiger partial charge in [-0.05, 0) is 26.0 Å². The van der Waals surface area contributed by atoms with Gasteiger partial charge in [0.05, 0.1) is 17.0 Å². The van der Waals surface area contributed by atoms with E-state index in [-0.39, 0.29) is 16.9 Å². The molecule has 0 aliphatic carbocycles. The number of hydrogen-bond donors (Lipinski definition) is 2. The summed E-state index contributed by atoms with van der Waals surface area (Å²) in [6.45, 7) is 4.70. The lowest BCUT2D eigenvalue weighted by Gasteiger charge is -2.18. The largest absolute Gasteiger partial charge is 0.393 e. The quantitative estimate of drug-likeness (QED) is 0.458. The Morgan fingerprint density at radius 2 is 2.24 bits per heavy atom. The molecular formula is C11H14N4O2. The first-order chi connectivity index (χ1) is 7.89. The fourth-order valence-electron chi connectivity index (χ4n) is 1.69. The van der Waals surface area contributed by atoms with Gasteiger partial charge in [-0.2, -0.15) is 0 Å². The number of anilines is 1. The van der Waals surface area contributed by atoms with Gasteiger partial charge < -0.3 is 11.1 Å². The molecule has 0 bridgehead atoms. The van der Waals surface area contributed by atoms with E-state index in [0.29, 0.717) is 17.9 Å². The van der Waals surface area contributed by atoms with Crippen LogP contribution in [0.5, 0.6) is 0 Å². The number of amidine groups is 1. The normalized spacial score (nSPS) is 17.4. The van der Waals surface area contributed by atoms with Gasteiger partial charge in [-0.25, -0.2) is 0 Å². The zero-order chi connectivity index (χ0) is 12.6. The molecule has 90 valence electrons. The minimum Gasteiger partial charge on any atom is -0.393 e. The molecule has 6 heteroatoms. The maximum atomic E-state index is 10.8. The third kappa shape index (κ3) is 2.20. The molecule has 0 aromatic heterocycles. The van der Waals surface area contributed by atoms with Crippen molar-refractivity contribution in [3.63, 3.8) is 0 Å². The SMILES string of the molecule is CC1(C)CN=C(c2ccc(N)c([N+](=O)[O-])c2)N1. The number of nitrogen functional groups attached to an aromatic ring is 1. The summed E-state index contributed by atoms with van der Waals surface area (Å²) in [4.78, 5) is 14.6. The number of nitro benzene ring substituents is 1. The maximum Gasteiger partial charge on any atom is 0.292 e. The average molecular weight is 234 g/mol. The summed E-state index contributed by atoms with van der Waals surface area (Å²) in [5.74, 6) is 0.679. The molecule has 1 heterocycles. The molecule has 3 N–H and O–H groups in total. The second-order valence-electron chi connectivity index (χ2n) is 4.70. The van der Waals surface area contributed by atoms with Crippen molar-refractivity contribution < 1.29 is 4.92 Å². The summed E-state index contributed by atoms with van der Waals surface area (Å²) < 4.78 is 0. The highest BCUT2D eigenvalue weighted by atomic mass is 16.6. The first-order valence-electron chi connectivity index (χ1n) is 5.26. The molecule has 1 aromatic rings. The average Bonchev–Trinajstić information content (AvgIpc) is 2.59. The number of hydrogen-bond acceptors (Lipinski definition) is 5. The molecule has 0 unspecified atom stereocenters. The lowest BCUT2D eigenvalue weighted by molar-refractivity contribution is -0.383. The zero-order valence-electron chi connectivity index (χ0n) is 9.73. The van der Waals surface area contributed by atoms with Crippen LogP contribution in [0.4, 0.5) is 11.4 Å². The topological polar surface area (TPSA) is 93.5 Å². The number of aliphatic imine (C=N–C) groups is 1. The second kappa shape index (κ2) is 3.73. The molecule has 1 aliphatic heterocycles. The van der Waals surface area contributed by atoms with Crippen molar-refractivity contribution in [1.29, 1.82) is 0 Å². The summed E-state index contributed by atoms with van der Waals surface area (Å²) in [5, 5.41) is 14.0. The van der Waals surface area contributed by atoms with Crippen molar-refractivity contribution in [2.24, 2.45) is 4.99 Å². The van der Waals surface area contributed by atoms with E-state index < -0.39 is 4.92 Å². The predicted molar refractivity (Wildman–Crippen MR) is 66.1 cm³/mol. The van der Waals surface area contributed by atoms with Gasteiger partial charge in [-0.15, -0.1) is 0 Å². The molecule has 6 nitrogen and oxygen atoms in total. The van der Waals surface area contributed by atoms with Gasteiger partial charge >= 0.3 is 0 Å². The van der Waals surface area contributed by atoms with Crippen molar-refractivity contribution in [2.45, 2.75) is 19.4 Å². The lowest BCUT2D eigenvalue weighted by atomic mass is 10.1. The summed E-state index contributed by atoms with van der Waals surface area (Å²) in [6.07, 6.45) is 0. The fourth-order valence-corrected chi connectivity index (χ4v) is 1.69. The van der Waals surface area contributed by atoms with Crippen LogP contribution in [0.2, 0.25) is 0 Å². The number of rotatable bonds is 2. The van der Waals surface area contributed by atoms with Crippen LogP contribution in [-0.4, -0.2) is 22.8 Å². The summed E-state index contributed by atoms with van der Waals surface area (Å²) in [5.41, 5.74) is 6.20. The summed E-state index contributed by atoms with van der Waals surface area (Å²) in [6, 6.07) is 4.71. The van der Waals surface area contributed by atoms with Crippen LogP contribution in [0, 0.1) is 10.1 Å². The van der Waals surface area contributed by atoms with Gasteiger partial charge in [0.1, 0.15) is 11.5 Å². The Morgan fingerprint density at radius 3 is 2.76 bits per heavy atom. The first kappa shape index (κ1) is 11.4. The van der Waals surface area contributed by atoms with Gasteiger partial charge in [0.15, 0.2) is 0 Å². The Bertz CT molecular complexity index is 508. The molecule has 0 atom stereocenters. The molecule has 0 fully saturated rings. The van der Waals surface area contributed by atoms with Crippen LogP contribution in [0.25, 0.3) is 0 Å². The van der Waals surface area contributed by atoms with Crippen molar-refractivity contribution in [3.05, 3.63) is 33.9 Å². The van der Waals surface area contributed by atoms with E-state index in [0.717, 1.165) is 0 Å². The van der Waals surface area contributed by atoms with Crippen LogP contribution in [0.15, 0.2) is 23.2 Å². The molecule has 1 aromatic carbocycles. The molecule has 2 rings (SSSR count). The zero-order valence-corrected chi connectivity index (χ0v) is 9.73. The monoisotopic (exact) mass is 234 g/mol. The predicted octanol–water partition coefficient (Wildman–Crippen LogP) is 1.31. The van der Waals surface area contributed by atoms with E-state index in [4.69, 9.17) is 5.73 Å².